The molecule has 0 saturated carbocycles. The maximum absolute atomic E-state index is 12.2. The molecule has 3 aromatic rings. The molecule has 0 fully saturated rings. The zero-order valence-corrected chi connectivity index (χ0v) is 13.9. The Labute approximate surface area is 146 Å². The Morgan fingerprint density at radius 1 is 0.880 bits per heavy atom. The van der Waals surface area contributed by atoms with E-state index < -0.39 is 0 Å². The summed E-state index contributed by atoms with van der Waals surface area (Å²) in [7, 11) is 1.62. The minimum Gasteiger partial charge on any atom is -0.497 e. The Morgan fingerprint density at radius 3 is 2.00 bits per heavy atom. The molecule has 1 heterocycles. The van der Waals surface area contributed by atoms with Crippen molar-refractivity contribution in [2.24, 2.45) is 0 Å². The number of Topliss-reactive ketones (excluding diaryl/α,β-unsaturated/α-hetero) is 1. The summed E-state index contributed by atoms with van der Waals surface area (Å²) in [5, 5.41) is 0. The van der Waals surface area contributed by atoms with Gasteiger partial charge in [0.2, 0.25) is 5.88 Å². The largest absolute Gasteiger partial charge is 0.497 e. The van der Waals surface area contributed by atoms with Crippen molar-refractivity contribution in [3.05, 3.63) is 78.2 Å². The molecule has 25 heavy (non-hydrogen) atoms. The van der Waals surface area contributed by atoms with E-state index in [1.165, 1.54) is 6.33 Å². The Bertz CT molecular complexity index is 816. The van der Waals surface area contributed by atoms with Crippen molar-refractivity contribution < 1.29 is 14.3 Å². The van der Waals surface area contributed by atoms with Crippen molar-refractivity contribution in [2.45, 2.75) is 12.8 Å². The van der Waals surface area contributed by atoms with E-state index in [0.717, 1.165) is 16.9 Å². The van der Waals surface area contributed by atoms with E-state index in [1.807, 2.05) is 48.5 Å². The van der Waals surface area contributed by atoms with Crippen LogP contribution in [0.2, 0.25) is 0 Å². The van der Waals surface area contributed by atoms with Gasteiger partial charge in [0.25, 0.3) is 0 Å². The second-order valence-electron chi connectivity index (χ2n) is 5.53. The highest BCUT2D eigenvalue weighted by Gasteiger charge is 2.06. The molecule has 0 radical (unpaired) electrons. The summed E-state index contributed by atoms with van der Waals surface area (Å²) >= 11 is 0. The Hall–Kier alpha value is -3.21. The fourth-order valence-electron chi connectivity index (χ4n) is 2.40. The molecule has 3 rings (SSSR count). The van der Waals surface area contributed by atoms with E-state index in [-0.39, 0.29) is 5.78 Å². The molecule has 0 aliphatic carbocycles. The minimum absolute atomic E-state index is 0.162. The Kier molecular flexibility index (Phi) is 5.36. The quantitative estimate of drug-likeness (QED) is 0.660. The van der Waals surface area contributed by atoms with Gasteiger partial charge >= 0.3 is 0 Å². The van der Waals surface area contributed by atoms with Crippen molar-refractivity contribution >= 4 is 5.78 Å². The normalized spacial score (nSPS) is 10.3. The lowest BCUT2D eigenvalue weighted by Gasteiger charge is -2.06. The standard InChI is InChI=1S/C20H18N2O3/c1-24-18-6-2-15(3-7-18)12-17(23)13-16-4-8-19(9-5-16)25-20-10-11-21-14-22-20/h2-11,14H,12-13H2,1H3. The predicted octanol–water partition coefficient (Wildman–Crippen LogP) is 3.63. The predicted molar refractivity (Wildman–Crippen MR) is 94.0 cm³/mol. The summed E-state index contributed by atoms with van der Waals surface area (Å²) in [6.45, 7) is 0. The molecule has 0 aliphatic heterocycles. The van der Waals surface area contributed by atoms with Crippen LogP contribution in [-0.4, -0.2) is 22.9 Å². The van der Waals surface area contributed by atoms with Gasteiger partial charge < -0.3 is 9.47 Å². The first-order valence-electron chi connectivity index (χ1n) is 7.90. The number of ketones is 1. The van der Waals surface area contributed by atoms with E-state index in [4.69, 9.17) is 9.47 Å². The lowest BCUT2D eigenvalue weighted by molar-refractivity contribution is -0.117. The molecular formula is C20H18N2O3. The molecule has 5 heteroatoms. The number of aromatic nitrogens is 2. The SMILES string of the molecule is COc1ccc(CC(=O)Cc2ccc(Oc3ccncn3)cc2)cc1. The number of carbonyl (C=O) groups excluding carboxylic acids is 1. The summed E-state index contributed by atoms with van der Waals surface area (Å²) < 4.78 is 10.7. The van der Waals surface area contributed by atoms with Crippen LogP contribution in [0.15, 0.2) is 67.1 Å². The molecule has 5 nitrogen and oxygen atoms in total. The smallest absolute Gasteiger partial charge is 0.222 e. The summed E-state index contributed by atoms with van der Waals surface area (Å²) in [5.41, 5.74) is 1.93. The Balaban J connectivity index is 1.56. The van der Waals surface area contributed by atoms with Gasteiger partial charge in [-0.25, -0.2) is 9.97 Å². The van der Waals surface area contributed by atoms with Crippen LogP contribution in [0.1, 0.15) is 11.1 Å². The molecular weight excluding hydrogens is 316 g/mol. The lowest BCUT2D eigenvalue weighted by atomic mass is 10.0. The lowest BCUT2D eigenvalue weighted by Crippen LogP contribution is -2.06. The summed E-state index contributed by atoms with van der Waals surface area (Å²) in [5.74, 6) is 2.11. The first-order valence-corrected chi connectivity index (χ1v) is 7.90. The third-order valence-corrected chi connectivity index (χ3v) is 3.66. The maximum atomic E-state index is 12.2. The van der Waals surface area contributed by atoms with E-state index in [9.17, 15) is 4.79 Å². The van der Waals surface area contributed by atoms with Gasteiger partial charge in [0.1, 0.15) is 23.6 Å². The fourth-order valence-corrected chi connectivity index (χ4v) is 2.40. The van der Waals surface area contributed by atoms with Crippen molar-refractivity contribution in [3.8, 4) is 17.4 Å². The first kappa shape index (κ1) is 16.6. The van der Waals surface area contributed by atoms with Gasteiger partial charge in [0.05, 0.1) is 7.11 Å². The second kappa shape index (κ2) is 8.06. The zero-order chi connectivity index (χ0) is 17.5. The molecule has 126 valence electrons. The zero-order valence-electron chi connectivity index (χ0n) is 13.9. The second-order valence-corrected chi connectivity index (χ2v) is 5.53. The fraction of sp³-hybridized carbons (Fsp3) is 0.150. The van der Waals surface area contributed by atoms with Crippen molar-refractivity contribution in [2.75, 3.05) is 7.11 Å². The number of hydrogen-bond acceptors (Lipinski definition) is 5. The van der Waals surface area contributed by atoms with Crippen molar-refractivity contribution in [1.29, 1.82) is 0 Å². The number of hydrogen-bond donors (Lipinski definition) is 0. The number of carbonyl (C=O) groups is 1. The summed E-state index contributed by atoms with van der Waals surface area (Å²) in [6.07, 6.45) is 3.85. The maximum Gasteiger partial charge on any atom is 0.222 e. The van der Waals surface area contributed by atoms with Crippen LogP contribution in [-0.2, 0) is 17.6 Å². The highest BCUT2D eigenvalue weighted by Crippen LogP contribution is 2.19. The number of ether oxygens (including phenoxy) is 2. The average molecular weight is 334 g/mol. The van der Waals surface area contributed by atoms with Gasteiger partial charge in [-0.3, -0.25) is 4.79 Å². The number of benzene rings is 2. The topological polar surface area (TPSA) is 61.3 Å². The van der Waals surface area contributed by atoms with Gasteiger partial charge in [-0.1, -0.05) is 24.3 Å². The highest BCUT2D eigenvalue weighted by atomic mass is 16.5. The average Bonchev–Trinajstić information content (AvgIpc) is 2.65. The monoisotopic (exact) mass is 334 g/mol. The highest BCUT2D eigenvalue weighted by molar-refractivity contribution is 5.83. The van der Waals surface area contributed by atoms with Crippen LogP contribution in [0, 0.1) is 0 Å². The van der Waals surface area contributed by atoms with E-state index in [2.05, 4.69) is 9.97 Å². The van der Waals surface area contributed by atoms with E-state index in [1.54, 1.807) is 19.4 Å². The van der Waals surface area contributed by atoms with Gasteiger partial charge in [0.15, 0.2) is 0 Å². The molecule has 0 amide bonds. The van der Waals surface area contributed by atoms with Gasteiger partial charge in [-0.05, 0) is 35.4 Å². The van der Waals surface area contributed by atoms with Crippen LogP contribution in [0.4, 0.5) is 0 Å². The van der Waals surface area contributed by atoms with Gasteiger partial charge in [0, 0.05) is 25.1 Å². The van der Waals surface area contributed by atoms with Gasteiger partial charge in [-0.2, -0.15) is 0 Å². The number of rotatable bonds is 7. The summed E-state index contributed by atoms with van der Waals surface area (Å²) in [4.78, 5) is 20.1. The molecule has 0 N–H and O–H groups in total. The number of methoxy groups -OCH3 is 1. The molecule has 0 atom stereocenters. The Morgan fingerprint density at radius 2 is 1.48 bits per heavy atom. The van der Waals surface area contributed by atoms with E-state index >= 15 is 0 Å². The number of nitrogens with zero attached hydrogens (tertiary/aromatic N) is 2. The third kappa shape index (κ3) is 4.88. The van der Waals surface area contributed by atoms with Crippen molar-refractivity contribution in [3.63, 3.8) is 0 Å². The van der Waals surface area contributed by atoms with Crippen LogP contribution >= 0.6 is 0 Å². The molecule has 0 aliphatic rings. The summed E-state index contributed by atoms with van der Waals surface area (Å²) in [6, 6.07) is 16.7. The van der Waals surface area contributed by atoms with E-state index in [0.29, 0.717) is 24.5 Å². The third-order valence-electron chi connectivity index (χ3n) is 3.66. The molecule has 0 unspecified atom stereocenters. The molecule has 1 aromatic heterocycles. The van der Waals surface area contributed by atoms with Crippen LogP contribution < -0.4 is 9.47 Å². The van der Waals surface area contributed by atoms with Gasteiger partial charge in [-0.15, -0.1) is 0 Å². The van der Waals surface area contributed by atoms with Crippen LogP contribution in [0.3, 0.4) is 0 Å². The van der Waals surface area contributed by atoms with Crippen LogP contribution in [0.25, 0.3) is 0 Å². The molecule has 0 spiro atoms. The first-order chi connectivity index (χ1) is 12.2. The van der Waals surface area contributed by atoms with Crippen molar-refractivity contribution in [1.82, 2.24) is 9.97 Å². The molecule has 2 aromatic carbocycles. The van der Waals surface area contributed by atoms with Crippen LogP contribution in [0.5, 0.6) is 17.4 Å². The minimum atomic E-state index is 0.162. The molecule has 0 saturated heterocycles. The molecule has 0 bridgehead atoms.